The lowest BCUT2D eigenvalue weighted by Crippen LogP contribution is -2.18. The van der Waals surface area contributed by atoms with E-state index in [1.54, 1.807) is 24.3 Å². The van der Waals surface area contributed by atoms with Gasteiger partial charge in [0.05, 0.1) is 10.3 Å². The lowest BCUT2D eigenvalue weighted by Gasteiger charge is -2.13. The molecule has 0 aliphatic heterocycles. The summed E-state index contributed by atoms with van der Waals surface area (Å²) in [5.41, 5.74) is 1.45. The number of halogens is 1. The minimum absolute atomic E-state index is 0.133. The molecule has 1 amide bonds. The van der Waals surface area contributed by atoms with E-state index < -0.39 is 12.6 Å². The predicted octanol–water partition coefficient (Wildman–Crippen LogP) is 3.92. The first-order valence-corrected chi connectivity index (χ1v) is 8.07. The topological polar surface area (TPSA) is 75.6 Å². The third-order valence-electron chi connectivity index (χ3n) is 3.23. The molecule has 1 aromatic heterocycles. The molecule has 5 nitrogen and oxygen atoms in total. The molecule has 0 spiro atoms. The molecule has 2 aromatic rings. The van der Waals surface area contributed by atoms with Crippen LogP contribution >= 0.6 is 22.9 Å². The van der Waals surface area contributed by atoms with E-state index in [1.807, 2.05) is 19.9 Å². The van der Waals surface area contributed by atoms with Crippen LogP contribution in [0.25, 0.3) is 0 Å². The minimum Gasteiger partial charge on any atom is -0.482 e. The van der Waals surface area contributed by atoms with E-state index in [1.165, 1.54) is 11.3 Å². The van der Waals surface area contributed by atoms with Gasteiger partial charge in [0.2, 0.25) is 5.91 Å². The molecule has 23 heavy (non-hydrogen) atoms. The first kappa shape index (κ1) is 17.3. The summed E-state index contributed by atoms with van der Waals surface area (Å²) in [5, 5.41) is 11.5. The maximum atomic E-state index is 12.3. The fourth-order valence-electron chi connectivity index (χ4n) is 1.94. The number of amides is 1. The van der Waals surface area contributed by atoms with Crippen LogP contribution in [0.1, 0.15) is 23.3 Å². The number of rotatable bonds is 6. The predicted molar refractivity (Wildman–Crippen MR) is 90.7 cm³/mol. The Bertz CT molecular complexity index is 729. The van der Waals surface area contributed by atoms with Crippen LogP contribution in [0.2, 0.25) is 4.34 Å². The van der Waals surface area contributed by atoms with Crippen LogP contribution in [-0.2, 0) is 9.59 Å². The van der Waals surface area contributed by atoms with E-state index in [-0.39, 0.29) is 11.8 Å². The molecule has 1 atom stereocenters. The highest BCUT2D eigenvalue weighted by Gasteiger charge is 2.18. The van der Waals surface area contributed by atoms with Crippen molar-refractivity contribution in [3.05, 3.63) is 45.1 Å². The molecule has 0 aliphatic carbocycles. The van der Waals surface area contributed by atoms with Crippen LogP contribution in [0.4, 0.5) is 5.69 Å². The zero-order valence-corrected chi connectivity index (χ0v) is 14.2. The molecular formula is C16H16ClNO4S. The molecule has 0 radical (unpaired) electrons. The number of carbonyl (C=O) groups excluding carboxylic acids is 1. The van der Waals surface area contributed by atoms with Crippen molar-refractivity contribution < 1.29 is 19.4 Å². The van der Waals surface area contributed by atoms with Gasteiger partial charge in [0, 0.05) is 10.6 Å². The third kappa shape index (κ3) is 4.71. The molecule has 0 fully saturated rings. The van der Waals surface area contributed by atoms with E-state index in [2.05, 4.69) is 5.32 Å². The van der Waals surface area contributed by atoms with E-state index in [4.69, 9.17) is 21.4 Å². The third-order valence-corrected chi connectivity index (χ3v) is 4.65. The summed E-state index contributed by atoms with van der Waals surface area (Å²) < 4.78 is 5.75. The molecule has 2 rings (SSSR count). The first-order valence-electron chi connectivity index (χ1n) is 6.88. The number of carboxylic acid groups (broad SMARTS) is 1. The van der Waals surface area contributed by atoms with Crippen molar-refractivity contribution in [2.45, 2.75) is 19.8 Å². The Morgan fingerprint density at radius 2 is 2.09 bits per heavy atom. The smallest absolute Gasteiger partial charge is 0.341 e. The van der Waals surface area contributed by atoms with Gasteiger partial charge in [-0.3, -0.25) is 4.79 Å². The van der Waals surface area contributed by atoms with Crippen molar-refractivity contribution in [1.29, 1.82) is 0 Å². The largest absolute Gasteiger partial charge is 0.482 e. The van der Waals surface area contributed by atoms with Crippen molar-refractivity contribution in [1.82, 2.24) is 0 Å². The molecule has 2 N–H and O–H groups in total. The number of aliphatic carboxylic acids is 1. The van der Waals surface area contributed by atoms with E-state index in [0.29, 0.717) is 15.8 Å². The van der Waals surface area contributed by atoms with E-state index in [9.17, 15) is 9.59 Å². The zero-order valence-electron chi connectivity index (χ0n) is 12.6. The second kappa shape index (κ2) is 7.48. The number of thiophene rings is 1. The standard InChI is InChI=1S/C16H16ClNO4S/c1-9-7-11(22-8-15(19)20)3-4-12(9)18-16(21)10(2)13-5-6-14(17)23-13/h3-7,10H,8H2,1-2H3,(H,18,21)(H,19,20). The molecular weight excluding hydrogens is 338 g/mol. The fourth-order valence-corrected chi connectivity index (χ4v) is 3.05. The van der Waals surface area contributed by atoms with Gasteiger partial charge in [0.15, 0.2) is 6.61 Å². The second-order valence-electron chi connectivity index (χ2n) is 5.01. The molecule has 0 aliphatic rings. The van der Waals surface area contributed by atoms with Crippen LogP contribution in [0.5, 0.6) is 5.75 Å². The van der Waals surface area contributed by atoms with Crippen molar-refractivity contribution >= 4 is 40.5 Å². The summed E-state index contributed by atoms with van der Waals surface area (Å²) in [6, 6.07) is 8.61. The molecule has 0 saturated heterocycles. The first-order chi connectivity index (χ1) is 10.9. The Morgan fingerprint density at radius 3 is 2.65 bits per heavy atom. The second-order valence-corrected chi connectivity index (χ2v) is 6.76. The number of ether oxygens (including phenoxy) is 1. The Kier molecular flexibility index (Phi) is 5.63. The highest BCUT2D eigenvalue weighted by atomic mass is 35.5. The van der Waals surface area contributed by atoms with Crippen LogP contribution < -0.4 is 10.1 Å². The monoisotopic (exact) mass is 353 g/mol. The molecule has 122 valence electrons. The summed E-state index contributed by atoms with van der Waals surface area (Å²) in [5.74, 6) is -1.04. The molecule has 0 bridgehead atoms. The molecule has 1 aromatic carbocycles. The average molecular weight is 354 g/mol. The molecule has 1 heterocycles. The summed E-state index contributed by atoms with van der Waals surface area (Å²) in [6.45, 7) is 3.23. The number of anilines is 1. The van der Waals surface area contributed by atoms with Crippen molar-refractivity contribution in [3.63, 3.8) is 0 Å². The lowest BCUT2D eigenvalue weighted by atomic mass is 10.1. The number of nitrogens with one attached hydrogen (secondary N) is 1. The van der Waals surface area contributed by atoms with Gasteiger partial charge in [-0.15, -0.1) is 11.3 Å². The number of hydrogen-bond acceptors (Lipinski definition) is 4. The number of benzene rings is 1. The van der Waals surface area contributed by atoms with Gasteiger partial charge in [-0.25, -0.2) is 4.79 Å². The Hall–Kier alpha value is -2.05. The van der Waals surface area contributed by atoms with Gasteiger partial charge < -0.3 is 15.2 Å². The van der Waals surface area contributed by atoms with Gasteiger partial charge in [-0.05, 0) is 49.7 Å². The number of carbonyl (C=O) groups is 2. The maximum Gasteiger partial charge on any atom is 0.341 e. The van der Waals surface area contributed by atoms with E-state index in [0.717, 1.165) is 10.4 Å². The average Bonchev–Trinajstić information content (AvgIpc) is 2.93. The van der Waals surface area contributed by atoms with Crippen LogP contribution in [-0.4, -0.2) is 23.6 Å². The lowest BCUT2D eigenvalue weighted by molar-refractivity contribution is -0.139. The highest BCUT2D eigenvalue weighted by Crippen LogP contribution is 2.29. The Balaban J connectivity index is 2.04. The number of carboxylic acids is 1. The Labute approximate surface area is 142 Å². The van der Waals surface area contributed by atoms with Crippen LogP contribution in [0.15, 0.2) is 30.3 Å². The fraction of sp³-hybridized carbons (Fsp3) is 0.250. The van der Waals surface area contributed by atoms with Gasteiger partial charge in [-0.2, -0.15) is 0 Å². The van der Waals surface area contributed by atoms with Crippen molar-refractivity contribution in [3.8, 4) is 5.75 Å². The number of hydrogen-bond donors (Lipinski definition) is 2. The van der Waals surface area contributed by atoms with Gasteiger partial charge >= 0.3 is 5.97 Å². The minimum atomic E-state index is -1.04. The zero-order chi connectivity index (χ0) is 17.0. The van der Waals surface area contributed by atoms with Crippen LogP contribution in [0.3, 0.4) is 0 Å². The maximum absolute atomic E-state index is 12.3. The van der Waals surface area contributed by atoms with E-state index >= 15 is 0 Å². The quantitative estimate of drug-likeness (QED) is 0.825. The highest BCUT2D eigenvalue weighted by molar-refractivity contribution is 7.16. The summed E-state index contributed by atoms with van der Waals surface area (Å²) >= 11 is 7.27. The SMILES string of the molecule is Cc1cc(OCC(=O)O)ccc1NC(=O)C(C)c1ccc(Cl)s1. The number of aryl methyl sites for hydroxylation is 1. The van der Waals surface area contributed by atoms with Crippen molar-refractivity contribution in [2.24, 2.45) is 0 Å². The summed E-state index contributed by atoms with van der Waals surface area (Å²) in [6.07, 6.45) is 0. The van der Waals surface area contributed by atoms with Gasteiger partial charge in [-0.1, -0.05) is 11.6 Å². The normalized spacial score (nSPS) is 11.8. The molecule has 0 saturated carbocycles. The van der Waals surface area contributed by atoms with Gasteiger partial charge in [0.25, 0.3) is 0 Å². The van der Waals surface area contributed by atoms with Crippen molar-refractivity contribution in [2.75, 3.05) is 11.9 Å². The molecule has 7 heteroatoms. The summed E-state index contributed by atoms with van der Waals surface area (Å²) in [7, 11) is 0. The summed E-state index contributed by atoms with van der Waals surface area (Å²) in [4.78, 5) is 23.7. The van der Waals surface area contributed by atoms with Crippen LogP contribution in [0, 0.1) is 6.92 Å². The molecule has 1 unspecified atom stereocenters. The van der Waals surface area contributed by atoms with Gasteiger partial charge in [0.1, 0.15) is 5.75 Å². The Morgan fingerprint density at radius 1 is 1.35 bits per heavy atom.